The standard InChI is InChI=1S/C9H12N.Au/c1-8(10)7-9-5-3-2-4-6-9;/h3-6,8H,7,10H2,1H3;. The van der Waals surface area contributed by atoms with Crippen molar-refractivity contribution in [2.75, 3.05) is 0 Å². The average Bonchev–Trinajstić information content (AvgIpc) is 1.93. The van der Waals surface area contributed by atoms with Crippen LogP contribution in [0.5, 0.6) is 0 Å². The van der Waals surface area contributed by atoms with Gasteiger partial charge in [-0.15, -0.1) is 0 Å². The number of benzene rings is 1. The van der Waals surface area contributed by atoms with Crippen molar-refractivity contribution in [3.05, 3.63) is 29.8 Å². The topological polar surface area (TPSA) is 26.0 Å². The summed E-state index contributed by atoms with van der Waals surface area (Å²) in [6, 6.07) is 8.70. The molecule has 1 rings (SSSR count). The Balaban J connectivity index is 2.66. The van der Waals surface area contributed by atoms with Gasteiger partial charge in [0.25, 0.3) is 0 Å². The molecule has 0 saturated carbocycles. The molecule has 1 atom stereocenters. The number of hydrogen-bond donors (Lipinski definition) is 1. The second-order valence-electron chi connectivity index (χ2n) is 2.76. The first-order chi connectivity index (χ1) is 5.18. The van der Waals surface area contributed by atoms with Crippen molar-refractivity contribution in [2.45, 2.75) is 19.4 Å². The fraction of sp³-hybridized carbons (Fsp3) is 0.333. The summed E-state index contributed by atoms with van der Waals surface area (Å²) in [5.41, 5.74) is 6.97. The van der Waals surface area contributed by atoms with E-state index < -0.39 is 0 Å². The van der Waals surface area contributed by atoms with Crippen LogP contribution in [0.2, 0.25) is 0 Å². The normalized spacial score (nSPS) is 13.1. The van der Waals surface area contributed by atoms with Gasteiger partial charge in [0.05, 0.1) is 0 Å². The van der Waals surface area contributed by atoms with Crippen LogP contribution in [0, 0.1) is 0 Å². The molecular weight excluding hydrogens is 319 g/mol. The summed E-state index contributed by atoms with van der Waals surface area (Å²) in [4.78, 5) is 0. The van der Waals surface area contributed by atoms with E-state index in [0.717, 1.165) is 6.42 Å². The molecule has 1 unspecified atom stereocenters. The van der Waals surface area contributed by atoms with E-state index in [0.29, 0.717) is 0 Å². The van der Waals surface area contributed by atoms with Crippen LogP contribution in [0.25, 0.3) is 0 Å². The molecule has 1 aromatic carbocycles. The first kappa shape index (κ1) is 9.01. The van der Waals surface area contributed by atoms with Gasteiger partial charge in [0.2, 0.25) is 0 Å². The zero-order valence-corrected chi connectivity index (χ0v) is 8.64. The van der Waals surface area contributed by atoms with E-state index in [4.69, 9.17) is 5.73 Å². The number of rotatable bonds is 2. The Kier molecular flexibility index (Phi) is 3.34. The van der Waals surface area contributed by atoms with Crippen molar-refractivity contribution < 1.29 is 21.1 Å². The van der Waals surface area contributed by atoms with Crippen LogP contribution >= 0.6 is 0 Å². The van der Waals surface area contributed by atoms with Gasteiger partial charge in [-0.3, -0.25) is 0 Å². The molecule has 0 aromatic heterocycles. The molecule has 0 heterocycles. The molecule has 1 aromatic rings. The van der Waals surface area contributed by atoms with E-state index in [9.17, 15) is 0 Å². The second kappa shape index (κ2) is 4.07. The van der Waals surface area contributed by atoms with Crippen LogP contribution in [-0.2, 0) is 27.5 Å². The zero-order chi connectivity index (χ0) is 8.27. The van der Waals surface area contributed by atoms with E-state index in [-0.39, 0.29) is 6.04 Å². The van der Waals surface area contributed by atoms with Crippen LogP contribution < -0.4 is 9.52 Å². The third-order valence-electron chi connectivity index (χ3n) is 1.45. The maximum atomic E-state index is 5.66. The second-order valence-corrected chi connectivity index (χ2v) is 4.01. The summed E-state index contributed by atoms with van der Waals surface area (Å²) in [5, 5.41) is 0. The summed E-state index contributed by atoms with van der Waals surface area (Å²) >= 11 is 2.47. The molecule has 0 aliphatic heterocycles. The maximum absolute atomic E-state index is 5.66. The number of hydrogen-bond acceptors (Lipinski definition) is 1. The molecule has 0 radical (unpaired) electrons. The van der Waals surface area contributed by atoms with Crippen molar-refractivity contribution in [3.63, 3.8) is 0 Å². The van der Waals surface area contributed by atoms with E-state index in [2.05, 4.69) is 45.3 Å². The molecule has 1 nitrogen and oxygen atoms in total. The fourth-order valence-corrected chi connectivity index (χ4v) is 1.34. The summed E-state index contributed by atoms with van der Waals surface area (Å²) in [5.74, 6) is 0. The molecular formula is C9H12AuN. The van der Waals surface area contributed by atoms with E-state index in [1.165, 1.54) is 9.34 Å². The molecule has 0 saturated heterocycles. The van der Waals surface area contributed by atoms with Gasteiger partial charge in [-0.1, -0.05) is 0 Å². The Morgan fingerprint density at radius 2 is 1.91 bits per heavy atom. The predicted octanol–water partition coefficient (Wildman–Crippen LogP) is 0.748. The Labute approximate surface area is 79.9 Å². The van der Waals surface area contributed by atoms with Gasteiger partial charge in [-0.05, 0) is 0 Å². The van der Waals surface area contributed by atoms with Gasteiger partial charge in [0.15, 0.2) is 0 Å². The molecule has 2 N–H and O–H groups in total. The third-order valence-corrected chi connectivity index (χ3v) is 2.17. The molecule has 0 amide bonds. The minimum absolute atomic E-state index is 0.257. The molecule has 64 valence electrons. The summed E-state index contributed by atoms with van der Waals surface area (Å²) in [7, 11) is 0. The van der Waals surface area contributed by atoms with Gasteiger partial charge in [0, 0.05) is 0 Å². The summed E-state index contributed by atoms with van der Waals surface area (Å²) in [6.45, 7) is 2.02. The van der Waals surface area contributed by atoms with Gasteiger partial charge < -0.3 is 0 Å². The minimum atomic E-state index is 0.257. The average molecular weight is 331 g/mol. The quantitative estimate of drug-likeness (QED) is 0.796. The molecule has 11 heavy (non-hydrogen) atoms. The third kappa shape index (κ3) is 3.21. The van der Waals surface area contributed by atoms with Crippen molar-refractivity contribution in [1.82, 2.24) is 0 Å². The Hall–Kier alpha value is -0.0797. The first-order valence-electron chi connectivity index (χ1n) is 3.64. The zero-order valence-electron chi connectivity index (χ0n) is 6.47. The molecule has 0 aliphatic carbocycles. The van der Waals surface area contributed by atoms with Crippen LogP contribution in [0.3, 0.4) is 0 Å². The van der Waals surface area contributed by atoms with E-state index in [1.807, 2.05) is 6.92 Å². The van der Waals surface area contributed by atoms with E-state index in [1.54, 1.807) is 0 Å². The van der Waals surface area contributed by atoms with Crippen LogP contribution in [-0.4, -0.2) is 6.04 Å². The van der Waals surface area contributed by atoms with Crippen LogP contribution in [0.15, 0.2) is 24.3 Å². The SMILES string of the molecule is CC(N)Cc1cc[c]([Au])cc1. The predicted molar refractivity (Wildman–Crippen MR) is 43.4 cm³/mol. The molecule has 0 bridgehead atoms. The Morgan fingerprint density at radius 3 is 2.36 bits per heavy atom. The summed E-state index contributed by atoms with van der Waals surface area (Å²) < 4.78 is 1.25. The van der Waals surface area contributed by atoms with Gasteiger partial charge in [0.1, 0.15) is 0 Å². The van der Waals surface area contributed by atoms with Gasteiger partial charge in [-0.2, -0.15) is 0 Å². The Bertz CT molecular complexity index is 216. The van der Waals surface area contributed by atoms with Crippen molar-refractivity contribution in [1.29, 1.82) is 0 Å². The molecule has 2 heteroatoms. The first-order valence-corrected chi connectivity index (χ1v) is 4.73. The van der Waals surface area contributed by atoms with Crippen LogP contribution in [0.1, 0.15) is 12.5 Å². The van der Waals surface area contributed by atoms with Crippen LogP contribution in [0.4, 0.5) is 0 Å². The van der Waals surface area contributed by atoms with Crippen molar-refractivity contribution >= 4 is 3.78 Å². The Morgan fingerprint density at radius 1 is 1.36 bits per heavy atom. The van der Waals surface area contributed by atoms with Gasteiger partial charge >= 0.3 is 79.8 Å². The molecule has 0 aliphatic rings. The van der Waals surface area contributed by atoms with E-state index >= 15 is 0 Å². The van der Waals surface area contributed by atoms with Crippen molar-refractivity contribution in [2.24, 2.45) is 5.73 Å². The van der Waals surface area contributed by atoms with Gasteiger partial charge in [-0.25, -0.2) is 0 Å². The molecule has 0 spiro atoms. The number of nitrogens with two attached hydrogens (primary N) is 1. The summed E-state index contributed by atoms with van der Waals surface area (Å²) in [6.07, 6.45) is 0.966. The fourth-order valence-electron chi connectivity index (χ4n) is 0.980. The monoisotopic (exact) mass is 331 g/mol. The molecule has 0 fully saturated rings. The van der Waals surface area contributed by atoms with Crippen molar-refractivity contribution in [3.8, 4) is 0 Å².